The Morgan fingerprint density at radius 1 is 1.28 bits per heavy atom. The summed E-state index contributed by atoms with van der Waals surface area (Å²) in [6.07, 6.45) is 0.874. The molecule has 1 aromatic carbocycles. The number of nitrogens with one attached hydrogen (secondary N) is 1. The summed E-state index contributed by atoms with van der Waals surface area (Å²) in [5.41, 5.74) is 6.18. The van der Waals surface area contributed by atoms with E-state index < -0.39 is 11.0 Å². The first-order valence-corrected chi connectivity index (χ1v) is 7.72. The number of hydrogen-bond donors (Lipinski definition) is 2. The van der Waals surface area contributed by atoms with E-state index in [9.17, 15) is 14.9 Å². The van der Waals surface area contributed by atoms with Crippen molar-refractivity contribution < 1.29 is 19.2 Å². The van der Waals surface area contributed by atoms with Crippen LogP contribution >= 0.6 is 12.4 Å². The van der Waals surface area contributed by atoms with Crippen molar-refractivity contribution >= 4 is 24.0 Å². The molecule has 0 saturated heterocycles. The van der Waals surface area contributed by atoms with Crippen LogP contribution in [0, 0.1) is 16.0 Å². The van der Waals surface area contributed by atoms with Crippen LogP contribution in [0.5, 0.6) is 11.5 Å². The number of nitrogens with zero attached hydrogens (tertiary/aromatic N) is 1. The highest BCUT2D eigenvalue weighted by Crippen LogP contribution is 2.34. The second kappa shape index (κ2) is 10.7. The lowest BCUT2D eigenvalue weighted by Gasteiger charge is -2.14. The van der Waals surface area contributed by atoms with Gasteiger partial charge in [0, 0.05) is 12.1 Å². The summed E-state index contributed by atoms with van der Waals surface area (Å²) in [7, 11) is 2.87. The van der Waals surface area contributed by atoms with Gasteiger partial charge in [-0.1, -0.05) is 13.8 Å². The van der Waals surface area contributed by atoms with E-state index in [2.05, 4.69) is 5.32 Å². The van der Waals surface area contributed by atoms with E-state index in [1.807, 2.05) is 13.8 Å². The van der Waals surface area contributed by atoms with Gasteiger partial charge in [-0.3, -0.25) is 14.9 Å². The first-order valence-electron chi connectivity index (χ1n) is 7.72. The minimum atomic E-state index is -0.578. The molecule has 0 spiro atoms. The van der Waals surface area contributed by atoms with Crippen LogP contribution in [0.2, 0.25) is 0 Å². The van der Waals surface area contributed by atoms with Gasteiger partial charge in [-0.15, -0.1) is 12.4 Å². The first kappa shape index (κ1) is 22.9. The summed E-state index contributed by atoms with van der Waals surface area (Å²) in [5, 5.41) is 13.9. The fourth-order valence-electron chi connectivity index (χ4n) is 2.35. The van der Waals surface area contributed by atoms with Gasteiger partial charge in [-0.05, 0) is 24.8 Å². The second-order valence-corrected chi connectivity index (χ2v) is 5.87. The van der Waals surface area contributed by atoms with Crippen LogP contribution in [-0.4, -0.2) is 37.6 Å². The van der Waals surface area contributed by atoms with Gasteiger partial charge < -0.3 is 20.5 Å². The molecular weight excluding hydrogens is 350 g/mol. The van der Waals surface area contributed by atoms with Crippen LogP contribution in [0.15, 0.2) is 12.1 Å². The molecule has 1 rings (SSSR count). The zero-order valence-corrected chi connectivity index (χ0v) is 15.7. The van der Waals surface area contributed by atoms with Crippen molar-refractivity contribution in [2.24, 2.45) is 11.7 Å². The fraction of sp³-hybridized carbons (Fsp3) is 0.562. The minimum Gasteiger partial charge on any atom is -0.493 e. The molecule has 3 N–H and O–H groups in total. The van der Waals surface area contributed by atoms with Gasteiger partial charge in [0.2, 0.25) is 5.91 Å². The van der Waals surface area contributed by atoms with E-state index in [-0.39, 0.29) is 42.7 Å². The number of carbonyl (C=O) groups is 1. The van der Waals surface area contributed by atoms with Gasteiger partial charge in [0.25, 0.3) is 5.69 Å². The third-order valence-corrected chi connectivity index (χ3v) is 3.54. The van der Waals surface area contributed by atoms with Crippen LogP contribution in [0.3, 0.4) is 0 Å². The molecule has 8 nitrogen and oxygen atoms in total. The summed E-state index contributed by atoms with van der Waals surface area (Å²) in [6, 6.07) is 2.29. The van der Waals surface area contributed by atoms with E-state index in [1.54, 1.807) is 6.07 Å². The summed E-state index contributed by atoms with van der Waals surface area (Å²) in [4.78, 5) is 22.6. The highest BCUT2D eigenvalue weighted by atomic mass is 35.5. The quantitative estimate of drug-likeness (QED) is 0.504. The molecular formula is C16H26ClN3O5. The maximum absolute atomic E-state index is 11.9. The zero-order chi connectivity index (χ0) is 18.3. The van der Waals surface area contributed by atoms with Crippen molar-refractivity contribution in [2.75, 3.05) is 20.8 Å². The molecule has 0 unspecified atom stereocenters. The summed E-state index contributed by atoms with van der Waals surface area (Å²) in [6.45, 7) is 4.22. The lowest BCUT2D eigenvalue weighted by molar-refractivity contribution is -0.385. The van der Waals surface area contributed by atoms with Crippen LogP contribution in [0.4, 0.5) is 5.69 Å². The molecule has 0 aliphatic heterocycles. The Balaban J connectivity index is 0.00000576. The molecule has 0 aromatic heterocycles. The third-order valence-electron chi connectivity index (χ3n) is 3.54. The number of benzene rings is 1. The SMILES string of the molecule is COc1cc(CCNC(=O)[C@@H](N)CC(C)C)c([N+](=O)[O-])cc1OC.Cl. The smallest absolute Gasteiger partial charge is 0.276 e. The van der Waals surface area contributed by atoms with Gasteiger partial charge in [-0.2, -0.15) is 0 Å². The van der Waals surface area contributed by atoms with Crippen molar-refractivity contribution in [3.05, 3.63) is 27.8 Å². The second-order valence-electron chi connectivity index (χ2n) is 5.87. The molecule has 0 bridgehead atoms. The van der Waals surface area contributed by atoms with E-state index in [4.69, 9.17) is 15.2 Å². The molecule has 1 amide bonds. The number of nitrogens with two attached hydrogens (primary N) is 1. The maximum Gasteiger partial charge on any atom is 0.276 e. The number of rotatable bonds is 9. The largest absolute Gasteiger partial charge is 0.493 e. The molecule has 0 fully saturated rings. The normalized spacial score (nSPS) is 11.4. The topological polar surface area (TPSA) is 117 Å². The molecule has 0 heterocycles. The molecule has 0 aliphatic carbocycles. The first-order chi connectivity index (χ1) is 11.3. The van der Waals surface area contributed by atoms with Crippen molar-refractivity contribution in [3.8, 4) is 11.5 Å². The highest BCUT2D eigenvalue weighted by molar-refractivity contribution is 5.85. The Morgan fingerprint density at radius 2 is 1.84 bits per heavy atom. The molecule has 1 atom stereocenters. The van der Waals surface area contributed by atoms with Gasteiger partial charge >= 0.3 is 0 Å². The summed E-state index contributed by atoms with van der Waals surface area (Å²) >= 11 is 0. The number of ether oxygens (including phenoxy) is 2. The number of hydrogen-bond acceptors (Lipinski definition) is 6. The molecule has 9 heteroatoms. The Hall–Kier alpha value is -2.06. The Labute approximate surface area is 153 Å². The highest BCUT2D eigenvalue weighted by Gasteiger charge is 2.20. The number of halogens is 1. The number of nitro benzene ring substituents is 1. The van der Waals surface area contributed by atoms with Gasteiger partial charge in [0.15, 0.2) is 11.5 Å². The van der Waals surface area contributed by atoms with Crippen LogP contribution in [-0.2, 0) is 11.2 Å². The van der Waals surface area contributed by atoms with Crippen LogP contribution in [0.1, 0.15) is 25.8 Å². The fourth-order valence-corrected chi connectivity index (χ4v) is 2.35. The van der Waals surface area contributed by atoms with Crippen molar-refractivity contribution in [1.29, 1.82) is 0 Å². The van der Waals surface area contributed by atoms with Gasteiger partial charge in [-0.25, -0.2) is 0 Å². The molecule has 0 saturated carbocycles. The predicted octanol–water partition coefficient (Wildman–Crippen LogP) is 2.07. The number of amides is 1. The minimum absolute atomic E-state index is 0. The standard InChI is InChI=1S/C16H25N3O5.ClH/c1-10(2)7-12(17)16(20)18-6-5-11-8-14(23-3)15(24-4)9-13(11)19(21)22;/h8-10,12H,5-7,17H2,1-4H3,(H,18,20);1H/t12-;/m0./s1. The number of nitro groups is 1. The third kappa shape index (κ3) is 6.75. The molecule has 25 heavy (non-hydrogen) atoms. The van der Waals surface area contributed by atoms with E-state index in [1.165, 1.54) is 20.3 Å². The van der Waals surface area contributed by atoms with Crippen LogP contribution in [0.25, 0.3) is 0 Å². The molecule has 1 aromatic rings. The average molecular weight is 376 g/mol. The van der Waals surface area contributed by atoms with E-state index in [0.29, 0.717) is 23.7 Å². The zero-order valence-electron chi connectivity index (χ0n) is 14.9. The number of methoxy groups -OCH3 is 2. The van der Waals surface area contributed by atoms with E-state index >= 15 is 0 Å². The molecule has 0 radical (unpaired) electrons. The molecule has 142 valence electrons. The maximum atomic E-state index is 11.9. The average Bonchev–Trinajstić information content (AvgIpc) is 2.53. The van der Waals surface area contributed by atoms with Crippen LogP contribution < -0.4 is 20.5 Å². The Bertz CT molecular complexity index is 595. The summed E-state index contributed by atoms with van der Waals surface area (Å²) < 4.78 is 10.2. The Kier molecular flexibility index (Phi) is 9.85. The summed E-state index contributed by atoms with van der Waals surface area (Å²) in [5.74, 6) is 0.751. The van der Waals surface area contributed by atoms with Crippen molar-refractivity contribution in [1.82, 2.24) is 5.32 Å². The number of carbonyl (C=O) groups excluding carboxylic acids is 1. The van der Waals surface area contributed by atoms with Gasteiger partial charge in [0.05, 0.1) is 31.3 Å². The van der Waals surface area contributed by atoms with Crippen molar-refractivity contribution in [2.45, 2.75) is 32.7 Å². The lowest BCUT2D eigenvalue weighted by atomic mass is 10.0. The molecule has 0 aliphatic rings. The van der Waals surface area contributed by atoms with Crippen molar-refractivity contribution in [3.63, 3.8) is 0 Å². The monoisotopic (exact) mass is 375 g/mol. The lowest BCUT2D eigenvalue weighted by Crippen LogP contribution is -2.42. The Morgan fingerprint density at radius 3 is 2.32 bits per heavy atom. The predicted molar refractivity (Wildman–Crippen MR) is 97.6 cm³/mol. The van der Waals surface area contributed by atoms with Gasteiger partial charge in [0.1, 0.15) is 0 Å². The van der Waals surface area contributed by atoms with E-state index in [0.717, 1.165) is 0 Å².